The number of hydrogen-bond acceptors (Lipinski definition) is 8. The summed E-state index contributed by atoms with van der Waals surface area (Å²) in [5, 5.41) is 35.8. The van der Waals surface area contributed by atoms with Crippen LogP contribution in [0.15, 0.2) is 79.9 Å². The summed E-state index contributed by atoms with van der Waals surface area (Å²) >= 11 is 0. The van der Waals surface area contributed by atoms with Crippen molar-refractivity contribution in [2.24, 2.45) is 5.73 Å². The molecule has 0 unspecified atom stereocenters. The molecule has 49 heavy (non-hydrogen) atoms. The van der Waals surface area contributed by atoms with Crippen molar-refractivity contribution in [1.29, 1.82) is 0 Å². The second-order valence-corrected chi connectivity index (χ2v) is 10.3. The van der Waals surface area contributed by atoms with Gasteiger partial charge >= 0.3 is 18.1 Å². The third kappa shape index (κ3) is 16.1. The van der Waals surface area contributed by atoms with Gasteiger partial charge in [0, 0.05) is 6.42 Å². The number of nitrogens with one attached hydrogen (secondary N) is 4. The lowest BCUT2D eigenvalue weighted by atomic mass is 10.0. The first kappa shape index (κ1) is 41.3. The van der Waals surface area contributed by atoms with E-state index in [-0.39, 0.29) is 31.4 Å². The number of aromatic hydroxyl groups is 1. The Hall–Kier alpha value is -5.71. The maximum Gasteiger partial charge on any atom is 0.490 e. The molecule has 0 spiro atoms. The van der Waals surface area contributed by atoms with Crippen LogP contribution in [0.5, 0.6) is 5.75 Å². The van der Waals surface area contributed by atoms with Crippen molar-refractivity contribution in [2.75, 3.05) is 6.54 Å². The molecule has 2 aromatic carbocycles. The van der Waals surface area contributed by atoms with Gasteiger partial charge in [-0.1, -0.05) is 54.6 Å². The smallest absolute Gasteiger partial charge is 0.490 e. The molecule has 2 rings (SSSR count). The van der Waals surface area contributed by atoms with E-state index in [0.29, 0.717) is 5.56 Å². The van der Waals surface area contributed by atoms with Crippen molar-refractivity contribution in [2.45, 2.75) is 56.0 Å². The average molecular weight is 694 g/mol. The van der Waals surface area contributed by atoms with Crippen LogP contribution in [0.3, 0.4) is 0 Å². The van der Waals surface area contributed by atoms with Crippen LogP contribution in [0.25, 0.3) is 0 Å². The van der Waals surface area contributed by atoms with Crippen LogP contribution in [0.1, 0.15) is 24.0 Å². The zero-order chi connectivity index (χ0) is 37.1. The number of alkyl halides is 3. The molecule has 0 radical (unpaired) electrons. The summed E-state index contributed by atoms with van der Waals surface area (Å²) in [6.45, 7) is 6.57. The van der Waals surface area contributed by atoms with Gasteiger partial charge in [-0.3, -0.25) is 19.2 Å². The lowest BCUT2D eigenvalue weighted by Gasteiger charge is -2.22. The first-order chi connectivity index (χ1) is 23.0. The topological polar surface area (TPSA) is 237 Å². The maximum absolute atomic E-state index is 12.9. The zero-order valence-corrected chi connectivity index (χ0v) is 26.1. The molecule has 0 saturated carbocycles. The molecule has 0 aromatic heterocycles. The number of carbonyl (C=O) groups is 6. The largest absolute Gasteiger partial charge is 0.508 e. The highest BCUT2D eigenvalue weighted by Gasteiger charge is 2.38. The number of carboxylic acids is 2. The Morgan fingerprint density at radius 1 is 0.735 bits per heavy atom. The van der Waals surface area contributed by atoms with E-state index in [0.717, 1.165) is 5.56 Å². The predicted molar refractivity (Wildman–Crippen MR) is 170 cm³/mol. The molecule has 14 nitrogen and oxygen atoms in total. The standard InChI is InChI=1S/C30H37N5O7.C2HF3O2/c1-3-8-23(34-27(38)22(31)16-20-12-14-21(36)15-13-20)28(39)32-18-26(37)33-25(17-19-10-6-5-7-11-19)29(40)35-24(9-4-2)30(41)42;3-2(4,5)1(6)7/h3-7,10-15,22-25,36H,1-2,8-9,16-18,31H2,(H,32,39)(H,33,37)(H,34,38)(H,35,40)(H,41,42);(H,6,7)/t22-,23+,24+,25-;/m0./s1. The Morgan fingerprint density at radius 2 is 1.24 bits per heavy atom. The van der Waals surface area contributed by atoms with E-state index in [4.69, 9.17) is 15.6 Å². The van der Waals surface area contributed by atoms with E-state index < -0.39 is 72.5 Å². The van der Waals surface area contributed by atoms with Gasteiger partial charge in [-0.25, -0.2) is 9.59 Å². The van der Waals surface area contributed by atoms with Crippen molar-refractivity contribution < 1.29 is 57.3 Å². The third-order valence-corrected chi connectivity index (χ3v) is 6.38. The molecule has 0 heterocycles. The Bertz CT molecular complexity index is 1450. The molecule has 266 valence electrons. The lowest BCUT2D eigenvalue weighted by Crippen LogP contribution is -2.55. The highest BCUT2D eigenvalue weighted by Crippen LogP contribution is 2.13. The third-order valence-electron chi connectivity index (χ3n) is 6.38. The molecule has 0 saturated heterocycles. The van der Waals surface area contributed by atoms with Crippen LogP contribution in [-0.4, -0.2) is 87.8 Å². The van der Waals surface area contributed by atoms with Crippen LogP contribution >= 0.6 is 0 Å². The SMILES string of the molecule is C=CC[C@@H](NC(=O)[C@H](Cc1ccccc1)NC(=O)CNC(=O)[C@@H](CC=C)NC(=O)[C@@H](N)Cc1ccc(O)cc1)C(=O)O.O=C(O)C(F)(F)F. The van der Waals surface area contributed by atoms with Gasteiger partial charge in [-0.2, -0.15) is 13.2 Å². The van der Waals surface area contributed by atoms with Gasteiger partial charge in [-0.05, 0) is 42.5 Å². The van der Waals surface area contributed by atoms with Crippen LogP contribution < -0.4 is 27.0 Å². The molecule has 4 amide bonds. The van der Waals surface area contributed by atoms with E-state index in [1.807, 2.05) is 0 Å². The number of nitrogens with two attached hydrogens (primary N) is 1. The number of carboxylic acid groups (broad SMARTS) is 2. The molecular weight excluding hydrogens is 655 g/mol. The highest BCUT2D eigenvalue weighted by molar-refractivity contribution is 5.94. The molecule has 0 aliphatic carbocycles. The summed E-state index contributed by atoms with van der Waals surface area (Å²) in [5.41, 5.74) is 7.43. The number of aliphatic carboxylic acids is 2. The highest BCUT2D eigenvalue weighted by atomic mass is 19.4. The number of phenolic OH excluding ortho intramolecular Hbond substituents is 1. The first-order valence-electron chi connectivity index (χ1n) is 14.5. The minimum absolute atomic E-state index is 0.0157. The van der Waals surface area contributed by atoms with E-state index in [1.54, 1.807) is 42.5 Å². The summed E-state index contributed by atoms with van der Waals surface area (Å²) in [6.07, 6.45) is -2.02. The minimum Gasteiger partial charge on any atom is -0.508 e. The van der Waals surface area contributed by atoms with Crippen LogP contribution in [0, 0.1) is 0 Å². The summed E-state index contributed by atoms with van der Waals surface area (Å²) in [4.78, 5) is 71.6. The molecule has 0 fully saturated rings. The lowest BCUT2D eigenvalue weighted by molar-refractivity contribution is -0.192. The molecule has 9 N–H and O–H groups in total. The number of hydrogen-bond donors (Lipinski definition) is 8. The second kappa shape index (κ2) is 20.5. The Kier molecular flexibility index (Phi) is 17.3. The summed E-state index contributed by atoms with van der Waals surface area (Å²) in [7, 11) is 0. The molecule has 17 heteroatoms. The van der Waals surface area contributed by atoms with Crippen molar-refractivity contribution >= 4 is 35.6 Å². The average Bonchev–Trinajstić information content (AvgIpc) is 3.04. The fraction of sp³-hybridized carbons (Fsp3) is 0.312. The van der Waals surface area contributed by atoms with Crippen molar-refractivity contribution in [3.63, 3.8) is 0 Å². The minimum atomic E-state index is -5.08. The zero-order valence-electron chi connectivity index (χ0n) is 26.1. The first-order valence-corrected chi connectivity index (χ1v) is 14.5. The van der Waals surface area contributed by atoms with Gasteiger partial charge in [0.05, 0.1) is 12.6 Å². The molecule has 4 atom stereocenters. The quantitative estimate of drug-likeness (QED) is 0.109. The normalized spacial score (nSPS) is 13.1. The van der Waals surface area contributed by atoms with Gasteiger partial charge < -0.3 is 42.3 Å². The number of benzene rings is 2. The van der Waals surface area contributed by atoms with E-state index in [2.05, 4.69) is 34.4 Å². The fourth-order valence-electron chi connectivity index (χ4n) is 3.91. The number of halogens is 3. The summed E-state index contributed by atoms with van der Waals surface area (Å²) in [5.74, 6) is -6.62. The molecule has 0 bridgehead atoms. The number of carbonyl (C=O) groups excluding carboxylic acids is 4. The maximum atomic E-state index is 12.9. The van der Waals surface area contributed by atoms with Crippen molar-refractivity contribution in [1.82, 2.24) is 21.3 Å². The van der Waals surface area contributed by atoms with Gasteiger partial charge in [0.2, 0.25) is 23.6 Å². The van der Waals surface area contributed by atoms with Crippen molar-refractivity contribution in [3.05, 3.63) is 91.0 Å². The van der Waals surface area contributed by atoms with Gasteiger partial charge in [0.15, 0.2) is 0 Å². The summed E-state index contributed by atoms with van der Waals surface area (Å²) < 4.78 is 31.7. The fourth-order valence-corrected chi connectivity index (χ4v) is 3.91. The summed E-state index contributed by atoms with van der Waals surface area (Å²) in [6, 6.07) is 10.6. The van der Waals surface area contributed by atoms with E-state index >= 15 is 0 Å². The Balaban J connectivity index is 0.00000154. The monoisotopic (exact) mass is 693 g/mol. The molecule has 2 aromatic rings. The second-order valence-electron chi connectivity index (χ2n) is 10.3. The van der Waals surface area contributed by atoms with Gasteiger partial charge in [0.25, 0.3) is 0 Å². The Morgan fingerprint density at radius 3 is 1.76 bits per heavy atom. The number of rotatable bonds is 17. The van der Waals surface area contributed by atoms with Crippen LogP contribution in [0.4, 0.5) is 13.2 Å². The van der Waals surface area contributed by atoms with Crippen molar-refractivity contribution in [3.8, 4) is 5.75 Å². The van der Waals surface area contributed by atoms with E-state index in [1.165, 1.54) is 24.3 Å². The van der Waals surface area contributed by atoms with E-state index in [9.17, 15) is 47.4 Å². The Labute approximate surface area is 279 Å². The molecular formula is C32H38F3N5O9. The van der Waals surface area contributed by atoms with Gasteiger partial charge in [0.1, 0.15) is 23.9 Å². The molecule has 0 aliphatic rings. The number of phenols is 1. The van der Waals surface area contributed by atoms with Gasteiger partial charge in [-0.15, -0.1) is 13.2 Å². The number of amides is 4. The predicted octanol–water partition coefficient (Wildman–Crippen LogP) is 0.945. The van der Waals surface area contributed by atoms with Crippen LogP contribution in [-0.2, 0) is 41.6 Å². The van der Waals surface area contributed by atoms with Crippen LogP contribution in [0.2, 0.25) is 0 Å². The molecule has 0 aliphatic heterocycles.